The van der Waals surface area contributed by atoms with E-state index in [9.17, 15) is 0 Å². The number of benzene rings is 9. The van der Waals surface area contributed by atoms with Crippen molar-refractivity contribution in [2.45, 2.75) is 19.4 Å². The Morgan fingerprint density at radius 3 is 2.00 bits per heavy atom. The molecule has 0 bridgehead atoms. The molecule has 2 aromatic heterocycles. The summed E-state index contributed by atoms with van der Waals surface area (Å²) in [5.41, 5.74) is 13.9. The van der Waals surface area contributed by atoms with Crippen LogP contribution in [0.4, 0.5) is 0 Å². The first-order valence-corrected chi connectivity index (χ1v) is 21.9. The molecule has 62 heavy (non-hydrogen) atoms. The predicted octanol–water partition coefficient (Wildman–Crippen LogP) is 15.6. The maximum Gasteiger partial charge on any atom is 0.138 e. The van der Waals surface area contributed by atoms with Crippen LogP contribution in [0.2, 0.25) is 0 Å². The number of rotatable bonds is 5. The minimum Gasteiger partial charge on any atom is -0.456 e. The lowest BCUT2D eigenvalue weighted by molar-refractivity contribution is 0.577. The fraction of sp³-hybridized carbons (Fsp3) is 0.102. The normalized spacial score (nSPS) is 19.7. The van der Waals surface area contributed by atoms with Crippen molar-refractivity contribution in [2.24, 2.45) is 22.7 Å². The van der Waals surface area contributed by atoms with Gasteiger partial charge in [0.15, 0.2) is 0 Å². The van der Waals surface area contributed by atoms with Gasteiger partial charge in [-0.3, -0.25) is 4.99 Å². The number of aromatic nitrogens is 1. The average molecular weight is 795 g/mol. The van der Waals surface area contributed by atoms with E-state index in [1.807, 2.05) is 0 Å². The Morgan fingerprint density at radius 1 is 0.516 bits per heavy atom. The van der Waals surface area contributed by atoms with E-state index in [1.165, 1.54) is 82.5 Å². The summed E-state index contributed by atoms with van der Waals surface area (Å²) >= 11 is 0. The molecule has 1 aliphatic heterocycles. The van der Waals surface area contributed by atoms with Gasteiger partial charge in [-0.25, -0.2) is 0 Å². The van der Waals surface area contributed by atoms with E-state index < -0.39 is 0 Å². The van der Waals surface area contributed by atoms with Gasteiger partial charge in [-0.15, -0.1) is 0 Å². The van der Waals surface area contributed by atoms with Crippen LogP contribution in [0.5, 0.6) is 0 Å². The molecule has 294 valence electrons. The molecule has 0 spiro atoms. The van der Waals surface area contributed by atoms with Gasteiger partial charge in [-0.05, 0) is 98.1 Å². The van der Waals surface area contributed by atoms with Gasteiger partial charge in [-0.1, -0.05) is 165 Å². The smallest absolute Gasteiger partial charge is 0.138 e. The van der Waals surface area contributed by atoms with E-state index >= 15 is 0 Å². The van der Waals surface area contributed by atoms with Crippen LogP contribution in [-0.2, 0) is 0 Å². The highest BCUT2D eigenvalue weighted by molar-refractivity contribution is 6.21. The van der Waals surface area contributed by atoms with Crippen molar-refractivity contribution in [1.29, 1.82) is 0 Å². The molecule has 9 aromatic carbocycles. The van der Waals surface area contributed by atoms with Gasteiger partial charge in [0.2, 0.25) is 0 Å². The van der Waals surface area contributed by atoms with Crippen LogP contribution in [0.15, 0.2) is 210 Å². The average Bonchev–Trinajstić information content (AvgIpc) is 3.86. The van der Waals surface area contributed by atoms with Crippen molar-refractivity contribution in [3.8, 4) is 16.8 Å². The second-order valence-corrected chi connectivity index (χ2v) is 17.5. The first-order chi connectivity index (χ1) is 30.6. The number of hydrogen-bond acceptors (Lipinski definition) is 2. The summed E-state index contributed by atoms with van der Waals surface area (Å²) < 4.78 is 9.29. The second-order valence-electron chi connectivity index (χ2n) is 17.5. The van der Waals surface area contributed by atoms with Crippen LogP contribution in [-0.4, -0.2) is 10.3 Å². The van der Waals surface area contributed by atoms with Crippen molar-refractivity contribution < 1.29 is 4.42 Å². The molecule has 2 aliphatic rings. The second kappa shape index (κ2) is 13.8. The number of nitrogens with zero attached hydrogens (tertiary/aromatic N) is 2. The summed E-state index contributed by atoms with van der Waals surface area (Å²) in [6, 6.07) is 70.8. The molecule has 4 atom stereocenters. The van der Waals surface area contributed by atoms with Crippen LogP contribution in [0, 0.1) is 17.8 Å². The third-order valence-corrected chi connectivity index (χ3v) is 13.8. The summed E-state index contributed by atoms with van der Waals surface area (Å²) in [5, 5.41) is 9.76. The molecule has 3 nitrogen and oxygen atoms in total. The van der Waals surface area contributed by atoms with E-state index in [0.717, 1.165) is 34.0 Å². The SMILES string of the molecule is CC1/C(c2ccc3ccccc3c2)=C/C2C[C@H]2C(c2cc(-n3c4ccccc4c4cc5ccccc5cc43)cc3oc4ccccc4c23)=NC1c1ccc(-c2ccccc2)cc1. The molecule has 0 radical (unpaired) electrons. The fourth-order valence-electron chi connectivity index (χ4n) is 10.6. The highest BCUT2D eigenvalue weighted by Crippen LogP contribution is 2.52. The summed E-state index contributed by atoms with van der Waals surface area (Å²) in [6.07, 6.45) is 3.66. The Balaban J connectivity index is 1.05. The summed E-state index contributed by atoms with van der Waals surface area (Å²) in [6.45, 7) is 2.39. The largest absolute Gasteiger partial charge is 0.456 e. The maximum absolute atomic E-state index is 6.84. The highest BCUT2D eigenvalue weighted by atomic mass is 16.3. The van der Waals surface area contributed by atoms with Gasteiger partial charge in [0.1, 0.15) is 11.2 Å². The van der Waals surface area contributed by atoms with Crippen LogP contribution in [0.3, 0.4) is 0 Å². The zero-order valence-electron chi connectivity index (χ0n) is 34.4. The summed E-state index contributed by atoms with van der Waals surface area (Å²) in [7, 11) is 0. The first-order valence-electron chi connectivity index (χ1n) is 21.9. The molecule has 3 unspecified atom stereocenters. The standard InChI is InChI=1S/C59H42N2O/c1-36-49(44-28-25-38-15-5-6-16-41(38)29-44)31-45-32-50(45)59(60-58(36)40-26-23-39(24-27-40)37-13-3-2-4-14-37)52-34-46(35-56-57(52)48-20-10-12-22-55(48)62-56)61-53-21-11-9-19-47(53)51-30-42-17-7-8-18-43(42)33-54(51)61/h2-31,33-36,45,50,58H,32H2,1H3/b49-31-,60-59?/t36?,45?,50-,58?/m1/s1. The van der Waals surface area contributed by atoms with E-state index in [1.54, 1.807) is 0 Å². The van der Waals surface area contributed by atoms with E-state index in [0.29, 0.717) is 5.92 Å². The maximum atomic E-state index is 6.84. The Hall–Kier alpha value is -7.49. The number of hydrogen-bond donors (Lipinski definition) is 0. The van der Waals surface area contributed by atoms with Crippen molar-refractivity contribution in [1.82, 2.24) is 4.57 Å². The lowest BCUT2D eigenvalue weighted by Crippen LogP contribution is -2.18. The Kier molecular flexibility index (Phi) is 7.84. The Labute approximate surface area is 359 Å². The zero-order chi connectivity index (χ0) is 40.9. The highest BCUT2D eigenvalue weighted by Gasteiger charge is 2.44. The van der Waals surface area contributed by atoms with Gasteiger partial charge < -0.3 is 8.98 Å². The van der Waals surface area contributed by atoms with Gasteiger partial charge in [0.25, 0.3) is 0 Å². The number of furan rings is 1. The third-order valence-electron chi connectivity index (χ3n) is 13.8. The molecular formula is C59H42N2O. The lowest BCUT2D eigenvalue weighted by Gasteiger charge is -2.28. The molecule has 1 fully saturated rings. The molecule has 3 heterocycles. The summed E-state index contributed by atoms with van der Waals surface area (Å²) in [5.74, 6) is 0.773. The molecule has 1 aliphatic carbocycles. The molecule has 0 saturated heterocycles. The number of fused-ring (bicyclic) bond motifs is 9. The van der Waals surface area contributed by atoms with Gasteiger partial charge in [0, 0.05) is 50.7 Å². The van der Waals surface area contributed by atoms with Crippen molar-refractivity contribution in [3.05, 3.63) is 217 Å². The van der Waals surface area contributed by atoms with Crippen LogP contribution >= 0.6 is 0 Å². The quantitative estimate of drug-likeness (QED) is 0.171. The van der Waals surface area contributed by atoms with Crippen LogP contribution in [0.25, 0.3) is 87.7 Å². The van der Waals surface area contributed by atoms with E-state index in [-0.39, 0.29) is 17.9 Å². The number of allylic oxidation sites excluding steroid dienone is 1. The van der Waals surface area contributed by atoms with E-state index in [4.69, 9.17) is 9.41 Å². The number of aliphatic imine (C=N–C) groups is 1. The van der Waals surface area contributed by atoms with Crippen LogP contribution < -0.4 is 0 Å². The fourth-order valence-corrected chi connectivity index (χ4v) is 10.6. The third kappa shape index (κ3) is 5.62. The predicted molar refractivity (Wildman–Crippen MR) is 259 cm³/mol. The minimum absolute atomic E-state index is 0.112. The molecule has 0 N–H and O–H groups in total. The zero-order valence-corrected chi connectivity index (χ0v) is 34.4. The van der Waals surface area contributed by atoms with Crippen LogP contribution in [0.1, 0.15) is 36.1 Å². The first kappa shape index (κ1) is 35.3. The molecular weight excluding hydrogens is 753 g/mol. The Bertz CT molecular complexity index is 3640. The molecule has 0 amide bonds. The topological polar surface area (TPSA) is 30.4 Å². The summed E-state index contributed by atoms with van der Waals surface area (Å²) in [4.78, 5) is 6.07. The Morgan fingerprint density at radius 2 is 1.18 bits per heavy atom. The minimum atomic E-state index is -0.120. The van der Waals surface area contributed by atoms with Crippen molar-refractivity contribution >= 4 is 76.6 Å². The molecule has 13 rings (SSSR count). The molecule has 3 heteroatoms. The van der Waals surface area contributed by atoms with E-state index in [2.05, 4.69) is 212 Å². The number of para-hydroxylation sites is 2. The van der Waals surface area contributed by atoms with Gasteiger partial charge >= 0.3 is 0 Å². The molecule has 1 saturated carbocycles. The monoisotopic (exact) mass is 794 g/mol. The van der Waals surface area contributed by atoms with Gasteiger partial charge in [0.05, 0.1) is 22.8 Å². The van der Waals surface area contributed by atoms with Gasteiger partial charge in [-0.2, -0.15) is 0 Å². The van der Waals surface area contributed by atoms with Crippen molar-refractivity contribution in [2.75, 3.05) is 0 Å². The lowest BCUT2D eigenvalue weighted by atomic mass is 9.82. The van der Waals surface area contributed by atoms with Crippen molar-refractivity contribution in [3.63, 3.8) is 0 Å². The molecule has 11 aromatic rings.